The average molecular weight is 338 g/mol. The predicted molar refractivity (Wildman–Crippen MR) is 96.6 cm³/mol. The van der Waals surface area contributed by atoms with Crippen LogP contribution in [0.4, 0.5) is 5.69 Å². The summed E-state index contributed by atoms with van der Waals surface area (Å²) in [6.07, 6.45) is 0.246. The van der Waals surface area contributed by atoms with Crippen LogP contribution in [-0.4, -0.2) is 25.0 Å². The molecule has 0 aromatic heterocycles. The number of carbonyl (C=O) groups excluding carboxylic acids is 2. The van der Waals surface area contributed by atoms with E-state index in [4.69, 9.17) is 4.74 Å². The molecule has 2 aromatic rings. The third-order valence-corrected chi connectivity index (χ3v) is 4.30. The molecule has 0 spiro atoms. The third-order valence-electron chi connectivity index (χ3n) is 4.30. The number of amides is 2. The van der Waals surface area contributed by atoms with E-state index in [1.54, 1.807) is 4.90 Å². The molecule has 130 valence electrons. The predicted octanol–water partition coefficient (Wildman–Crippen LogP) is 2.99. The van der Waals surface area contributed by atoms with Gasteiger partial charge in [0.15, 0.2) is 6.61 Å². The third kappa shape index (κ3) is 3.99. The summed E-state index contributed by atoms with van der Waals surface area (Å²) in [5, 5.41) is 2.98. The maximum Gasteiger partial charge on any atom is 0.265 e. The van der Waals surface area contributed by atoms with Crippen molar-refractivity contribution in [1.82, 2.24) is 5.32 Å². The van der Waals surface area contributed by atoms with Gasteiger partial charge in [-0.15, -0.1) is 0 Å². The number of nitrogens with one attached hydrogen (secondary N) is 1. The smallest absolute Gasteiger partial charge is 0.265 e. The van der Waals surface area contributed by atoms with Gasteiger partial charge in [0.1, 0.15) is 5.75 Å². The Bertz CT molecular complexity index is 774. The van der Waals surface area contributed by atoms with Crippen LogP contribution in [0.1, 0.15) is 30.5 Å². The second-order valence-corrected chi connectivity index (χ2v) is 6.26. The molecule has 0 bridgehead atoms. The first kappa shape index (κ1) is 17.0. The zero-order valence-electron chi connectivity index (χ0n) is 14.5. The average Bonchev–Trinajstić information content (AvgIpc) is 2.61. The molecule has 2 aromatic carbocycles. The first-order valence-electron chi connectivity index (χ1n) is 8.43. The van der Waals surface area contributed by atoms with Crippen molar-refractivity contribution in [3.8, 4) is 5.75 Å². The van der Waals surface area contributed by atoms with Crippen LogP contribution in [0.15, 0.2) is 48.5 Å². The fourth-order valence-electron chi connectivity index (χ4n) is 2.91. The van der Waals surface area contributed by atoms with Crippen molar-refractivity contribution in [2.24, 2.45) is 0 Å². The van der Waals surface area contributed by atoms with Crippen LogP contribution < -0.4 is 15.0 Å². The Labute approximate surface area is 147 Å². The number of ether oxygens (including phenoxy) is 1. The number of fused-ring (bicyclic) bond motifs is 1. The Balaban J connectivity index is 1.61. The maximum absolute atomic E-state index is 12.3. The first-order valence-corrected chi connectivity index (χ1v) is 8.43. The standard InChI is InChI=1S/C20H22N2O3/c1-14-8-9-17-18(12-14)25-13-20(24)22(17)11-10-19(23)21-15(2)16-6-4-3-5-7-16/h3-9,12,15H,10-11,13H2,1-2H3,(H,21,23)/t15-/m0/s1. The topological polar surface area (TPSA) is 58.6 Å². The van der Waals surface area contributed by atoms with Gasteiger partial charge in [-0.1, -0.05) is 36.4 Å². The van der Waals surface area contributed by atoms with Gasteiger partial charge in [-0.05, 0) is 37.1 Å². The minimum absolute atomic E-state index is 0.0124. The van der Waals surface area contributed by atoms with Crippen molar-refractivity contribution in [1.29, 1.82) is 0 Å². The highest BCUT2D eigenvalue weighted by molar-refractivity contribution is 5.98. The molecule has 0 saturated heterocycles. The lowest BCUT2D eigenvalue weighted by Gasteiger charge is -2.29. The van der Waals surface area contributed by atoms with E-state index in [-0.39, 0.29) is 30.9 Å². The van der Waals surface area contributed by atoms with Gasteiger partial charge >= 0.3 is 0 Å². The van der Waals surface area contributed by atoms with Crippen molar-refractivity contribution < 1.29 is 14.3 Å². The number of hydrogen-bond acceptors (Lipinski definition) is 3. The summed E-state index contributed by atoms with van der Waals surface area (Å²) >= 11 is 0. The Morgan fingerprint density at radius 2 is 2.00 bits per heavy atom. The van der Waals surface area contributed by atoms with Crippen LogP contribution in [0.5, 0.6) is 5.75 Å². The number of hydrogen-bond donors (Lipinski definition) is 1. The van der Waals surface area contributed by atoms with Crippen molar-refractivity contribution in [2.75, 3.05) is 18.1 Å². The highest BCUT2D eigenvalue weighted by atomic mass is 16.5. The number of nitrogens with zero attached hydrogens (tertiary/aromatic N) is 1. The summed E-state index contributed by atoms with van der Waals surface area (Å²) < 4.78 is 5.48. The van der Waals surface area contributed by atoms with Crippen LogP contribution in [0, 0.1) is 6.92 Å². The maximum atomic E-state index is 12.3. The van der Waals surface area contributed by atoms with E-state index in [1.807, 2.05) is 62.4 Å². The zero-order valence-corrected chi connectivity index (χ0v) is 14.5. The van der Waals surface area contributed by atoms with Crippen molar-refractivity contribution in [2.45, 2.75) is 26.3 Å². The van der Waals surface area contributed by atoms with E-state index in [9.17, 15) is 9.59 Å². The quantitative estimate of drug-likeness (QED) is 0.912. The Morgan fingerprint density at radius 3 is 2.76 bits per heavy atom. The number of carbonyl (C=O) groups is 2. The molecule has 2 amide bonds. The lowest BCUT2D eigenvalue weighted by Crippen LogP contribution is -2.41. The number of benzene rings is 2. The summed E-state index contributed by atoms with van der Waals surface area (Å²) in [7, 11) is 0. The highest BCUT2D eigenvalue weighted by Gasteiger charge is 2.26. The molecule has 1 aliphatic heterocycles. The van der Waals surface area contributed by atoms with Crippen LogP contribution in [0.3, 0.4) is 0 Å². The van der Waals surface area contributed by atoms with Crippen molar-refractivity contribution >= 4 is 17.5 Å². The largest absolute Gasteiger partial charge is 0.482 e. The van der Waals surface area contributed by atoms with E-state index in [1.165, 1.54) is 0 Å². The Kier molecular flexibility index (Phi) is 5.03. The van der Waals surface area contributed by atoms with Crippen molar-refractivity contribution in [3.05, 3.63) is 59.7 Å². The van der Waals surface area contributed by atoms with Crippen molar-refractivity contribution in [3.63, 3.8) is 0 Å². The molecule has 1 heterocycles. The van der Waals surface area contributed by atoms with E-state index < -0.39 is 0 Å². The summed E-state index contributed by atoms with van der Waals surface area (Å²) in [6.45, 7) is 4.28. The van der Waals surface area contributed by atoms with E-state index in [0.29, 0.717) is 12.3 Å². The molecule has 5 nitrogen and oxygen atoms in total. The van der Waals surface area contributed by atoms with Gasteiger partial charge in [0.2, 0.25) is 5.91 Å². The number of aryl methyl sites for hydroxylation is 1. The van der Waals surface area contributed by atoms with Crippen LogP contribution in [0.2, 0.25) is 0 Å². The number of rotatable bonds is 5. The second-order valence-electron chi connectivity index (χ2n) is 6.26. The molecule has 1 atom stereocenters. The van der Waals surface area contributed by atoms with E-state index in [0.717, 1.165) is 16.8 Å². The molecule has 0 aliphatic carbocycles. The van der Waals surface area contributed by atoms with Crippen LogP contribution in [-0.2, 0) is 9.59 Å². The summed E-state index contributed by atoms with van der Waals surface area (Å²) in [5.74, 6) is 0.488. The number of anilines is 1. The van der Waals surface area contributed by atoms with E-state index in [2.05, 4.69) is 5.32 Å². The molecule has 3 rings (SSSR count). The molecule has 0 radical (unpaired) electrons. The monoisotopic (exact) mass is 338 g/mol. The van der Waals surface area contributed by atoms with Gasteiger partial charge < -0.3 is 15.0 Å². The molecular weight excluding hydrogens is 316 g/mol. The molecule has 25 heavy (non-hydrogen) atoms. The summed E-state index contributed by atoms with van der Waals surface area (Å²) in [4.78, 5) is 26.1. The molecule has 5 heteroatoms. The molecule has 0 unspecified atom stereocenters. The minimum Gasteiger partial charge on any atom is -0.482 e. The van der Waals surface area contributed by atoms with Crippen LogP contribution in [0.25, 0.3) is 0 Å². The molecule has 1 aliphatic rings. The van der Waals surface area contributed by atoms with Gasteiger partial charge in [0, 0.05) is 13.0 Å². The lowest BCUT2D eigenvalue weighted by atomic mass is 10.1. The fraction of sp³-hybridized carbons (Fsp3) is 0.300. The minimum atomic E-state index is -0.125. The summed E-state index contributed by atoms with van der Waals surface area (Å²) in [5.41, 5.74) is 2.85. The van der Waals surface area contributed by atoms with Gasteiger partial charge in [-0.3, -0.25) is 9.59 Å². The van der Waals surface area contributed by atoms with Gasteiger partial charge in [0.05, 0.1) is 11.7 Å². The zero-order chi connectivity index (χ0) is 17.8. The van der Waals surface area contributed by atoms with Gasteiger partial charge in [0.25, 0.3) is 5.91 Å². The van der Waals surface area contributed by atoms with Gasteiger partial charge in [-0.25, -0.2) is 0 Å². The molecular formula is C20H22N2O3. The normalized spacial score (nSPS) is 14.5. The Morgan fingerprint density at radius 1 is 1.24 bits per heavy atom. The first-order chi connectivity index (χ1) is 12.0. The lowest BCUT2D eigenvalue weighted by molar-refractivity contribution is -0.122. The molecule has 1 N–H and O–H groups in total. The highest BCUT2D eigenvalue weighted by Crippen LogP contribution is 2.32. The SMILES string of the molecule is Cc1ccc2c(c1)OCC(=O)N2CCC(=O)N[C@@H](C)c1ccccc1. The van der Waals surface area contributed by atoms with Crippen LogP contribution >= 0.6 is 0 Å². The molecule has 0 saturated carbocycles. The Hall–Kier alpha value is -2.82. The summed E-state index contributed by atoms with van der Waals surface area (Å²) in [6, 6.07) is 15.4. The van der Waals surface area contributed by atoms with E-state index >= 15 is 0 Å². The molecule has 0 fully saturated rings. The second kappa shape index (κ2) is 7.38. The van der Waals surface area contributed by atoms with Gasteiger partial charge in [-0.2, -0.15) is 0 Å². The fourth-order valence-corrected chi connectivity index (χ4v) is 2.91.